The molecule has 0 aliphatic rings. The van der Waals surface area contributed by atoms with Crippen LogP contribution < -0.4 is 4.74 Å². The second kappa shape index (κ2) is 10.5. The lowest BCUT2D eigenvalue weighted by Gasteiger charge is -1.99. The summed E-state index contributed by atoms with van der Waals surface area (Å²) in [5.74, 6) is 0.692. The normalized spacial score (nSPS) is 8.05. The summed E-state index contributed by atoms with van der Waals surface area (Å²) in [4.78, 5) is 18.0. The molecule has 100 valence electrons. The maximum absolute atomic E-state index is 10.0. The van der Waals surface area contributed by atoms with E-state index in [-0.39, 0.29) is 5.75 Å². The molecule has 0 bridgehead atoms. The van der Waals surface area contributed by atoms with Gasteiger partial charge in [0.2, 0.25) is 0 Å². The van der Waals surface area contributed by atoms with E-state index < -0.39 is 0 Å². The largest absolute Gasteiger partial charge is 0.504 e. The number of carbonyl (C=O) groups excluding carboxylic acids is 2. The zero-order valence-corrected chi connectivity index (χ0v) is 10.7. The minimum Gasteiger partial charge on any atom is -0.504 e. The summed E-state index contributed by atoms with van der Waals surface area (Å²) < 4.78 is 4.79. The molecule has 0 fully saturated rings. The van der Waals surface area contributed by atoms with Crippen molar-refractivity contribution in [2.75, 3.05) is 7.11 Å². The van der Waals surface area contributed by atoms with Crippen LogP contribution in [-0.2, 0) is 4.79 Å². The number of phenols is 1. The van der Waals surface area contributed by atoms with Gasteiger partial charge in [-0.3, -0.25) is 4.79 Å². The number of phenolic OH excluding ortho intramolecular Hbond substituents is 1. The third-order valence-electron chi connectivity index (χ3n) is 2.02. The monoisotopic (exact) mass is 260 g/mol. The number of methoxy groups -OCH3 is 1. The van der Waals surface area contributed by atoms with Gasteiger partial charge in [0.05, 0.1) is 7.11 Å². The molecule has 0 unspecified atom stereocenters. The molecule has 0 saturated carbocycles. The average molecular weight is 260 g/mol. The molecule has 4 nitrogen and oxygen atoms in total. The molecule has 0 aliphatic carbocycles. The van der Waals surface area contributed by atoms with Crippen LogP contribution in [0.15, 0.2) is 54.6 Å². The van der Waals surface area contributed by atoms with Crippen LogP contribution in [0, 0.1) is 0 Å². The number of rotatable bonds is 2. The molecule has 0 amide bonds. The van der Waals surface area contributed by atoms with Crippen LogP contribution in [0.3, 0.4) is 0 Å². The fraction of sp³-hybridized carbons (Fsp3) is 0.0667. The summed E-state index contributed by atoms with van der Waals surface area (Å²) in [5, 5.41) is 8.99. The summed E-state index contributed by atoms with van der Waals surface area (Å²) in [6.07, 6.45) is 0.833. The molecule has 0 radical (unpaired) electrons. The first-order chi connectivity index (χ1) is 9.27. The minimum absolute atomic E-state index is 0.181. The maximum atomic E-state index is 10.0. The summed E-state index contributed by atoms with van der Waals surface area (Å²) in [5.41, 5.74) is 0.729. The summed E-state index contributed by atoms with van der Waals surface area (Å²) in [6, 6.07) is 15.9. The van der Waals surface area contributed by atoms with E-state index >= 15 is 0 Å². The molecule has 0 atom stereocenters. The Bertz CT molecular complexity index is 469. The highest BCUT2D eigenvalue weighted by molar-refractivity contribution is 5.74. The highest BCUT2D eigenvalue weighted by Crippen LogP contribution is 2.22. The Hall–Kier alpha value is -2.62. The van der Waals surface area contributed by atoms with E-state index in [1.54, 1.807) is 36.4 Å². The van der Waals surface area contributed by atoms with Gasteiger partial charge in [-0.25, -0.2) is 0 Å². The Balaban J connectivity index is 0.000000303. The lowest BCUT2D eigenvalue weighted by Crippen LogP contribution is -1.80. The predicted octanol–water partition coefficient (Wildman–Crippen LogP) is 2.72. The number of aldehydes is 1. The van der Waals surface area contributed by atoms with Crippen LogP contribution >= 0.6 is 0 Å². The zero-order chi connectivity index (χ0) is 14.5. The molecule has 0 saturated heterocycles. The zero-order valence-electron chi connectivity index (χ0n) is 10.7. The van der Waals surface area contributed by atoms with E-state index in [1.165, 1.54) is 7.11 Å². The molecule has 1 N–H and O–H groups in total. The lowest BCUT2D eigenvalue weighted by molar-refractivity contribution is -0.0979. The number of aromatic hydroxyl groups is 1. The van der Waals surface area contributed by atoms with Crippen molar-refractivity contribution in [2.24, 2.45) is 0 Å². The fourth-order valence-corrected chi connectivity index (χ4v) is 1.16. The van der Waals surface area contributed by atoms with Gasteiger partial charge in [0.25, 0.3) is 0 Å². The summed E-state index contributed by atoms with van der Waals surface area (Å²) in [7, 11) is 1.52. The Morgan fingerprint density at radius 2 is 1.53 bits per heavy atom. The second-order valence-corrected chi connectivity index (χ2v) is 3.20. The number of carbonyl (C=O) groups is 2. The van der Waals surface area contributed by atoms with E-state index in [4.69, 9.17) is 14.6 Å². The molecule has 0 aromatic heterocycles. The van der Waals surface area contributed by atoms with Gasteiger partial charge in [-0.2, -0.15) is 0 Å². The van der Waals surface area contributed by atoms with E-state index in [1.807, 2.05) is 25.0 Å². The highest BCUT2D eigenvalue weighted by atomic mass is 16.5. The molecular formula is C15H16O4. The van der Waals surface area contributed by atoms with Crippen LogP contribution in [0.4, 0.5) is 0 Å². The first kappa shape index (κ1) is 16.4. The quantitative estimate of drug-likeness (QED) is 0.843. The maximum Gasteiger partial charge on any atom is 0.160 e. The topological polar surface area (TPSA) is 63.6 Å². The average Bonchev–Trinajstić information content (AvgIpc) is 2.51. The van der Waals surface area contributed by atoms with Crippen LogP contribution in [0.1, 0.15) is 10.4 Å². The third-order valence-corrected chi connectivity index (χ3v) is 2.02. The second-order valence-electron chi connectivity index (χ2n) is 3.20. The van der Waals surface area contributed by atoms with Crippen LogP contribution in [0.25, 0.3) is 0 Å². The van der Waals surface area contributed by atoms with Gasteiger partial charge in [-0.15, -0.1) is 0 Å². The SMILES string of the molecule is C=O.COc1ccccc1O.O=Cc1ccccc1. The van der Waals surface area contributed by atoms with Crippen LogP contribution in [0.2, 0.25) is 0 Å². The number of benzene rings is 2. The number of hydrogen-bond acceptors (Lipinski definition) is 4. The smallest absolute Gasteiger partial charge is 0.160 e. The van der Waals surface area contributed by atoms with Crippen molar-refractivity contribution >= 4 is 13.1 Å². The number of para-hydroxylation sites is 2. The summed E-state index contributed by atoms with van der Waals surface area (Å²) >= 11 is 0. The van der Waals surface area contributed by atoms with Crippen molar-refractivity contribution in [3.05, 3.63) is 60.2 Å². The van der Waals surface area contributed by atoms with Crippen molar-refractivity contribution in [3.8, 4) is 11.5 Å². The number of hydrogen-bond donors (Lipinski definition) is 1. The van der Waals surface area contributed by atoms with Crippen LogP contribution in [0.5, 0.6) is 11.5 Å². The molecule has 2 aromatic carbocycles. The standard InChI is InChI=1S/C7H8O2.C7H6O.CH2O/c1-9-7-5-3-2-4-6(7)8;8-6-7-4-2-1-3-5-7;1-2/h2-5,8H,1H3;1-6H;1H2. The Labute approximate surface area is 112 Å². The van der Waals surface area contributed by atoms with Crippen molar-refractivity contribution in [1.29, 1.82) is 0 Å². The molecule has 2 aromatic rings. The minimum atomic E-state index is 0.181. The number of ether oxygens (including phenoxy) is 1. The van der Waals surface area contributed by atoms with Crippen molar-refractivity contribution in [3.63, 3.8) is 0 Å². The van der Waals surface area contributed by atoms with E-state index in [2.05, 4.69) is 0 Å². The Kier molecular flexibility index (Phi) is 9.08. The molecule has 2 rings (SSSR count). The van der Waals surface area contributed by atoms with Gasteiger partial charge >= 0.3 is 0 Å². The van der Waals surface area contributed by atoms with Gasteiger partial charge in [-0.1, -0.05) is 42.5 Å². The van der Waals surface area contributed by atoms with Gasteiger partial charge in [-0.05, 0) is 12.1 Å². The predicted molar refractivity (Wildman–Crippen MR) is 73.6 cm³/mol. The van der Waals surface area contributed by atoms with Crippen molar-refractivity contribution < 1.29 is 19.4 Å². The van der Waals surface area contributed by atoms with Crippen molar-refractivity contribution in [1.82, 2.24) is 0 Å². The molecule has 0 aliphatic heterocycles. The molecule has 0 heterocycles. The third kappa shape index (κ3) is 6.63. The first-order valence-corrected chi connectivity index (χ1v) is 5.39. The lowest BCUT2D eigenvalue weighted by atomic mass is 10.2. The molecular weight excluding hydrogens is 244 g/mol. The van der Waals surface area contributed by atoms with Gasteiger partial charge in [0, 0.05) is 5.56 Å². The molecule has 0 spiro atoms. The van der Waals surface area contributed by atoms with Gasteiger partial charge in [0.1, 0.15) is 13.1 Å². The molecule has 4 heteroatoms. The first-order valence-electron chi connectivity index (χ1n) is 5.39. The van der Waals surface area contributed by atoms with E-state index in [0.717, 1.165) is 11.8 Å². The van der Waals surface area contributed by atoms with Crippen molar-refractivity contribution in [2.45, 2.75) is 0 Å². The summed E-state index contributed by atoms with van der Waals surface area (Å²) in [6.45, 7) is 2.00. The highest BCUT2D eigenvalue weighted by Gasteiger charge is 1.94. The molecule has 19 heavy (non-hydrogen) atoms. The van der Waals surface area contributed by atoms with E-state index in [0.29, 0.717) is 5.75 Å². The van der Waals surface area contributed by atoms with Crippen LogP contribution in [-0.4, -0.2) is 25.3 Å². The van der Waals surface area contributed by atoms with Gasteiger partial charge in [0.15, 0.2) is 11.5 Å². The Morgan fingerprint density at radius 3 is 1.89 bits per heavy atom. The Morgan fingerprint density at radius 1 is 1.00 bits per heavy atom. The fourth-order valence-electron chi connectivity index (χ4n) is 1.16. The van der Waals surface area contributed by atoms with E-state index in [9.17, 15) is 4.79 Å². The van der Waals surface area contributed by atoms with Gasteiger partial charge < -0.3 is 14.6 Å².